The van der Waals surface area contributed by atoms with E-state index in [0.717, 1.165) is 0 Å². The van der Waals surface area contributed by atoms with Crippen LogP contribution in [0.25, 0.3) is 0 Å². The average molecular weight is 253 g/mol. The summed E-state index contributed by atoms with van der Waals surface area (Å²) in [7, 11) is 0. The SMILES string of the molecule is CC(N)(C(=O)c1cc(F)cc(F)c1)C(F)(F)F. The van der Waals surface area contributed by atoms with Crippen molar-refractivity contribution in [3.63, 3.8) is 0 Å². The van der Waals surface area contributed by atoms with E-state index in [9.17, 15) is 26.7 Å². The van der Waals surface area contributed by atoms with Gasteiger partial charge in [0.1, 0.15) is 11.6 Å². The van der Waals surface area contributed by atoms with Gasteiger partial charge in [0.05, 0.1) is 0 Å². The minimum atomic E-state index is -5.01. The van der Waals surface area contributed by atoms with Gasteiger partial charge in [-0.2, -0.15) is 13.2 Å². The first-order valence-corrected chi connectivity index (χ1v) is 4.42. The number of nitrogens with two attached hydrogens (primary N) is 1. The standard InChI is InChI=1S/C10H8F5NO/c1-9(16,10(13,14)15)8(17)5-2-6(11)4-7(12)3-5/h2-4H,16H2,1H3. The van der Waals surface area contributed by atoms with Gasteiger partial charge in [0, 0.05) is 11.6 Å². The van der Waals surface area contributed by atoms with Crippen molar-refractivity contribution in [3.8, 4) is 0 Å². The zero-order chi connectivity index (χ0) is 13.4. The normalized spacial score (nSPS) is 15.5. The second kappa shape index (κ2) is 4.06. The largest absolute Gasteiger partial charge is 0.413 e. The van der Waals surface area contributed by atoms with Crippen LogP contribution in [0.1, 0.15) is 17.3 Å². The van der Waals surface area contributed by atoms with Crippen molar-refractivity contribution in [2.75, 3.05) is 0 Å². The summed E-state index contributed by atoms with van der Waals surface area (Å²) in [5.74, 6) is -3.89. The van der Waals surface area contributed by atoms with E-state index in [4.69, 9.17) is 5.73 Å². The molecule has 0 bridgehead atoms. The Hall–Kier alpha value is -1.50. The van der Waals surface area contributed by atoms with Crippen molar-refractivity contribution < 1.29 is 26.7 Å². The predicted octanol–water partition coefficient (Wildman–Crippen LogP) is 2.43. The Balaban J connectivity index is 3.21. The molecule has 2 nitrogen and oxygen atoms in total. The number of hydrogen-bond donors (Lipinski definition) is 1. The highest BCUT2D eigenvalue weighted by Crippen LogP contribution is 2.31. The van der Waals surface area contributed by atoms with Crippen LogP contribution in [0, 0.1) is 11.6 Å². The molecule has 0 saturated carbocycles. The topological polar surface area (TPSA) is 43.1 Å². The molecule has 1 aromatic rings. The lowest BCUT2D eigenvalue weighted by Crippen LogP contribution is -2.57. The molecule has 2 N–H and O–H groups in total. The number of ketones is 1. The molecule has 0 aliphatic carbocycles. The number of hydrogen-bond acceptors (Lipinski definition) is 2. The molecule has 0 spiro atoms. The first-order chi connectivity index (χ1) is 7.55. The van der Waals surface area contributed by atoms with Gasteiger partial charge in [0.2, 0.25) is 0 Å². The molecule has 7 heteroatoms. The van der Waals surface area contributed by atoms with Gasteiger partial charge < -0.3 is 5.73 Å². The molecular formula is C10H8F5NO. The number of Topliss-reactive ketones (excluding diaryl/α,β-unsaturated/α-hetero) is 1. The molecule has 1 atom stereocenters. The molecule has 0 saturated heterocycles. The summed E-state index contributed by atoms with van der Waals surface area (Å²) in [6.45, 7) is 0.443. The van der Waals surface area contributed by atoms with E-state index in [2.05, 4.69) is 0 Å². The maximum absolute atomic E-state index is 12.8. The average Bonchev–Trinajstić information content (AvgIpc) is 2.13. The highest BCUT2D eigenvalue weighted by molar-refractivity contribution is 6.03. The smallest absolute Gasteiger partial charge is 0.311 e. The Bertz CT molecular complexity index is 432. The van der Waals surface area contributed by atoms with E-state index in [0.29, 0.717) is 25.1 Å². The number of carbonyl (C=O) groups is 1. The van der Waals surface area contributed by atoms with Crippen molar-refractivity contribution in [2.45, 2.75) is 18.6 Å². The molecule has 1 unspecified atom stereocenters. The first-order valence-electron chi connectivity index (χ1n) is 4.42. The van der Waals surface area contributed by atoms with Crippen molar-refractivity contribution in [3.05, 3.63) is 35.4 Å². The minimum Gasteiger partial charge on any atom is -0.311 e. The van der Waals surface area contributed by atoms with Gasteiger partial charge in [0.25, 0.3) is 0 Å². The molecule has 0 aliphatic rings. The molecule has 1 rings (SSSR count). The summed E-state index contributed by atoms with van der Waals surface area (Å²) in [5.41, 5.74) is 0.903. The lowest BCUT2D eigenvalue weighted by atomic mass is 9.91. The van der Waals surface area contributed by atoms with Gasteiger partial charge in [0.15, 0.2) is 11.3 Å². The van der Waals surface area contributed by atoms with Crippen molar-refractivity contribution >= 4 is 5.78 Å². The third-order valence-electron chi connectivity index (χ3n) is 2.19. The lowest BCUT2D eigenvalue weighted by Gasteiger charge is -2.25. The summed E-state index contributed by atoms with van der Waals surface area (Å²) in [4.78, 5) is 11.4. The van der Waals surface area contributed by atoms with Gasteiger partial charge >= 0.3 is 6.18 Å². The summed E-state index contributed by atoms with van der Waals surface area (Å²) >= 11 is 0. The maximum Gasteiger partial charge on any atom is 0.413 e. The van der Waals surface area contributed by atoms with Gasteiger partial charge in [-0.15, -0.1) is 0 Å². The molecular weight excluding hydrogens is 245 g/mol. The van der Waals surface area contributed by atoms with Crippen molar-refractivity contribution in [1.82, 2.24) is 0 Å². The Morgan fingerprint density at radius 1 is 1.12 bits per heavy atom. The molecule has 0 heterocycles. The van der Waals surface area contributed by atoms with Gasteiger partial charge in [-0.3, -0.25) is 4.79 Å². The number of halogens is 5. The number of alkyl halides is 3. The number of benzene rings is 1. The fraction of sp³-hybridized carbons (Fsp3) is 0.300. The number of rotatable bonds is 2. The summed E-state index contributed by atoms with van der Waals surface area (Å²) in [6, 6.07) is 1.45. The maximum atomic E-state index is 12.8. The molecule has 0 aliphatic heterocycles. The molecule has 17 heavy (non-hydrogen) atoms. The Labute approximate surface area is 93.2 Å². The highest BCUT2D eigenvalue weighted by atomic mass is 19.4. The van der Waals surface area contributed by atoms with Crippen molar-refractivity contribution in [2.24, 2.45) is 5.73 Å². The van der Waals surface area contributed by atoms with E-state index in [1.54, 1.807) is 0 Å². The third-order valence-corrected chi connectivity index (χ3v) is 2.19. The highest BCUT2D eigenvalue weighted by Gasteiger charge is 2.53. The van der Waals surface area contributed by atoms with Gasteiger partial charge in [-0.1, -0.05) is 0 Å². The van der Waals surface area contributed by atoms with Crippen LogP contribution in [0.15, 0.2) is 18.2 Å². The second-order valence-electron chi connectivity index (χ2n) is 3.69. The van der Waals surface area contributed by atoms with Crippen molar-refractivity contribution in [1.29, 1.82) is 0 Å². The molecule has 0 fully saturated rings. The third kappa shape index (κ3) is 2.60. The van der Waals surface area contributed by atoms with Crippen LogP contribution in [0.2, 0.25) is 0 Å². The van der Waals surface area contributed by atoms with Crippen LogP contribution in [-0.4, -0.2) is 17.5 Å². The second-order valence-corrected chi connectivity index (χ2v) is 3.69. The van der Waals surface area contributed by atoms with E-state index in [1.807, 2.05) is 0 Å². The van der Waals surface area contributed by atoms with Crippen LogP contribution in [0.5, 0.6) is 0 Å². The van der Waals surface area contributed by atoms with E-state index < -0.39 is 34.7 Å². The van der Waals surface area contributed by atoms with Gasteiger partial charge in [-0.25, -0.2) is 8.78 Å². The van der Waals surface area contributed by atoms with E-state index in [-0.39, 0.29) is 0 Å². The summed E-state index contributed by atoms with van der Waals surface area (Å²) in [6.07, 6.45) is -5.01. The molecule has 1 aromatic carbocycles. The predicted molar refractivity (Wildman–Crippen MR) is 49.3 cm³/mol. The minimum absolute atomic E-state index is 0.443. The quantitative estimate of drug-likeness (QED) is 0.649. The van der Waals surface area contributed by atoms with Crippen LogP contribution in [-0.2, 0) is 0 Å². The van der Waals surface area contributed by atoms with Crippen LogP contribution in [0.4, 0.5) is 22.0 Å². The molecule has 0 radical (unpaired) electrons. The fourth-order valence-corrected chi connectivity index (χ4v) is 1.11. The number of carbonyl (C=O) groups excluding carboxylic acids is 1. The lowest BCUT2D eigenvalue weighted by molar-refractivity contribution is -0.165. The zero-order valence-corrected chi connectivity index (χ0v) is 8.61. The molecule has 0 aromatic heterocycles. The molecule has 94 valence electrons. The molecule has 0 amide bonds. The summed E-state index contributed by atoms with van der Waals surface area (Å²) in [5, 5.41) is 0. The van der Waals surface area contributed by atoms with E-state index >= 15 is 0 Å². The van der Waals surface area contributed by atoms with Crippen LogP contribution in [0.3, 0.4) is 0 Å². The summed E-state index contributed by atoms with van der Waals surface area (Å²) < 4.78 is 62.8. The zero-order valence-electron chi connectivity index (χ0n) is 8.61. The Kier molecular flexibility index (Phi) is 3.24. The van der Waals surface area contributed by atoms with E-state index in [1.165, 1.54) is 0 Å². The fourth-order valence-electron chi connectivity index (χ4n) is 1.11. The first kappa shape index (κ1) is 13.6. The van der Waals surface area contributed by atoms with Crippen LogP contribution >= 0.6 is 0 Å². The van der Waals surface area contributed by atoms with Crippen LogP contribution < -0.4 is 5.73 Å². The Morgan fingerprint density at radius 3 is 1.88 bits per heavy atom. The Morgan fingerprint density at radius 2 is 1.53 bits per heavy atom. The van der Waals surface area contributed by atoms with Gasteiger partial charge in [-0.05, 0) is 19.1 Å². The monoisotopic (exact) mass is 253 g/mol.